The number of hydrogen-bond acceptors (Lipinski definition) is 4. The number of nitrogen functional groups attached to an aromatic ring is 1. The molecule has 0 aliphatic carbocycles. The van der Waals surface area contributed by atoms with Crippen LogP contribution in [0.2, 0.25) is 0 Å². The molecule has 1 aromatic heterocycles. The smallest absolute Gasteiger partial charge is 0.164 e. The number of nitrogens with two attached hydrogens (primary N) is 1. The van der Waals surface area contributed by atoms with E-state index in [9.17, 15) is 0 Å². The van der Waals surface area contributed by atoms with Crippen LogP contribution in [0.5, 0.6) is 5.75 Å². The van der Waals surface area contributed by atoms with Gasteiger partial charge in [0, 0.05) is 18.5 Å². The molecule has 0 radical (unpaired) electrons. The van der Waals surface area contributed by atoms with Gasteiger partial charge in [-0.3, -0.25) is 0 Å². The normalized spacial score (nSPS) is 17.5. The van der Waals surface area contributed by atoms with Gasteiger partial charge in [-0.15, -0.1) is 10.2 Å². The number of aromatic nitrogens is 3. The molecule has 0 spiro atoms. The highest BCUT2D eigenvalue weighted by atomic mass is 16.5. The maximum absolute atomic E-state index is 6.13. The Bertz CT molecular complexity index is 663. The minimum atomic E-state index is 0.476. The van der Waals surface area contributed by atoms with Crippen LogP contribution < -0.4 is 10.5 Å². The highest BCUT2D eigenvalue weighted by Gasteiger charge is 2.21. The molecule has 1 aromatic carbocycles. The molecule has 3 rings (SSSR count). The van der Waals surface area contributed by atoms with Crippen molar-refractivity contribution in [3.63, 3.8) is 0 Å². The molecule has 2 heterocycles. The number of aryl methyl sites for hydroxylation is 1. The highest BCUT2D eigenvalue weighted by Crippen LogP contribution is 2.30. The van der Waals surface area contributed by atoms with Crippen molar-refractivity contribution in [3.8, 4) is 17.1 Å². The summed E-state index contributed by atoms with van der Waals surface area (Å²) in [5, 5.41) is 8.68. The van der Waals surface area contributed by atoms with Gasteiger partial charge in [0.1, 0.15) is 11.6 Å². The van der Waals surface area contributed by atoms with Crippen molar-refractivity contribution in [2.75, 3.05) is 12.3 Å². The second kappa shape index (κ2) is 5.99. The minimum Gasteiger partial charge on any atom is -0.491 e. The van der Waals surface area contributed by atoms with E-state index in [1.54, 1.807) is 0 Å². The van der Waals surface area contributed by atoms with E-state index in [2.05, 4.69) is 35.5 Å². The van der Waals surface area contributed by atoms with Gasteiger partial charge in [0.05, 0.1) is 12.3 Å². The summed E-state index contributed by atoms with van der Waals surface area (Å²) in [5.41, 5.74) is 7.79. The molecular weight excluding hydrogens is 276 g/mol. The summed E-state index contributed by atoms with van der Waals surface area (Å²) in [7, 11) is 0. The van der Waals surface area contributed by atoms with Crippen molar-refractivity contribution in [1.82, 2.24) is 14.8 Å². The quantitative estimate of drug-likeness (QED) is 0.881. The van der Waals surface area contributed by atoms with Gasteiger partial charge >= 0.3 is 0 Å². The van der Waals surface area contributed by atoms with Crippen LogP contribution in [0.3, 0.4) is 0 Å². The van der Waals surface area contributed by atoms with E-state index < -0.39 is 0 Å². The summed E-state index contributed by atoms with van der Waals surface area (Å²) < 4.78 is 7.95. The van der Waals surface area contributed by atoms with Gasteiger partial charge in [-0.1, -0.05) is 20.8 Å². The fourth-order valence-electron chi connectivity index (χ4n) is 2.78. The Morgan fingerprint density at radius 2 is 2.18 bits per heavy atom. The first-order valence-corrected chi connectivity index (χ1v) is 7.99. The molecule has 1 aliphatic heterocycles. The third-order valence-corrected chi connectivity index (χ3v) is 4.02. The van der Waals surface area contributed by atoms with Gasteiger partial charge in [0.25, 0.3) is 0 Å². The Balaban J connectivity index is 1.87. The zero-order chi connectivity index (χ0) is 15.7. The second-order valence-corrected chi connectivity index (χ2v) is 6.65. The van der Waals surface area contributed by atoms with Gasteiger partial charge in [-0.2, -0.15) is 0 Å². The van der Waals surface area contributed by atoms with Crippen molar-refractivity contribution in [3.05, 3.63) is 24.0 Å². The Labute approximate surface area is 131 Å². The van der Waals surface area contributed by atoms with Gasteiger partial charge in [0.2, 0.25) is 0 Å². The average molecular weight is 300 g/mol. The molecule has 118 valence electrons. The van der Waals surface area contributed by atoms with E-state index >= 15 is 0 Å². The Morgan fingerprint density at radius 3 is 2.91 bits per heavy atom. The summed E-state index contributed by atoms with van der Waals surface area (Å²) in [4.78, 5) is 0. The topological polar surface area (TPSA) is 66.0 Å². The summed E-state index contributed by atoms with van der Waals surface area (Å²) >= 11 is 0. The molecule has 22 heavy (non-hydrogen) atoms. The SMILES string of the molecule is CC(C)COc1ccc(-c2nnc3n2CC(C)CC3)cc1N. The standard InChI is InChI=1S/C17H24N4O/c1-11(2)10-22-15-6-5-13(8-14(15)18)17-20-19-16-7-4-12(3)9-21(16)17/h5-6,8,11-12H,4,7,9-10,18H2,1-3H3. The predicted molar refractivity (Wildman–Crippen MR) is 87.7 cm³/mol. The molecule has 2 aromatic rings. The van der Waals surface area contributed by atoms with E-state index in [-0.39, 0.29) is 0 Å². The molecular formula is C17H24N4O. The molecule has 0 amide bonds. The van der Waals surface area contributed by atoms with Gasteiger partial charge in [-0.25, -0.2) is 0 Å². The first kappa shape index (κ1) is 14.9. The molecule has 5 heteroatoms. The van der Waals surface area contributed by atoms with E-state index in [0.717, 1.165) is 35.9 Å². The minimum absolute atomic E-state index is 0.476. The molecule has 1 aliphatic rings. The zero-order valence-electron chi connectivity index (χ0n) is 13.5. The molecule has 1 atom stereocenters. The molecule has 5 nitrogen and oxygen atoms in total. The highest BCUT2D eigenvalue weighted by molar-refractivity contribution is 5.66. The van der Waals surface area contributed by atoms with Crippen LogP contribution in [-0.4, -0.2) is 21.4 Å². The number of anilines is 1. The van der Waals surface area contributed by atoms with Crippen molar-refractivity contribution >= 4 is 5.69 Å². The third kappa shape index (κ3) is 2.93. The number of hydrogen-bond donors (Lipinski definition) is 1. The lowest BCUT2D eigenvalue weighted by atomic mass is 10.0. The maximum Gasteiger partial charge on any atom is 0.164 e. The lowest BCUT2D eigenvalue weighted by molar-refractivity contribution is 0.272. The monoisotopic (exact) mass is 300 g/mol. The van der Waals surface area contributed by atoms with Gasteiger partial charge < -0.3 is 15.0 Å². The number of benzene rings is 1. The molecule has 1 unspecified atom stereocenters. The lowest BCUT2D eigenvalue weighted by Gasteiger charge is -2.21. The summed E-state index contributed by atoms with van der Waals surface area (Å²) in [6.45, 7) is 8.15. The van der Waals surface area contributed by atoms with Crippen molar-refractivity contribution in [1.29, 1.82) is 0 Å². The van der Waals surface area contributed by atoms with Crippen LogP contribution in [0.4, 0.5) is 5.69 Å². The summed E-state index contributed by atoms with van der Waals surface area (Å²) in [6.07, 6.45) is 2.18. The molecule has 0 bridgehead atoms. The van der Waals surface area contributed by atoms with Gasteiger partial charge in [0.15, 0.2) is 5.82 Å². The van der Waals surface area contributed by atoms with Crippen LogP contribution in [0.15, 0.2) is 18.2 Å². The van der Waals surface area contributed by atoms with Crippen LogP contribution in [0.25, 0.3) is 11.4 Å². The van der Waals surface area contributed by atoms with Gasteiger partial charge in [-0.05, 0) is 36.5 Å². The number of fused-ring (bicyclic) bond motifs is 1. The predicted octanol–water partition coefficient (Wildman–Crippen LogP) is 3.14. The third-order valence-electron chi connectivity index (χ3n) is 4.02. The fourth-order valence-corrected chi connectivity index (χ4v) is 2.78. The van der Waals surface area contributed by atoms with Crippen LogP contribution in [-0.2, 0) is 13.0 Å². The molecule has 0 saturated carbocycles. The van der Waals surface area contributed by atoms with Crippen LogP contribution in [0, 0.1) is 11.8 Å². The number of rotatable bonds is 4. The first-order chi connectivity index (χ1) is 10.5. The fraction of sp³-hybridized carbons (Fsp3) is 0.529. The summed E-state index contributed by atoms with van der Waals surface area (Å²) in [6, 6.07) is 5.88. The van der Waals surface area contributed by atoms with E-state index in [1.165, 1.54) is 6.42 Å². The molecule has 0 fully saturated rings. The van der Waals surface area contributed by atoms with Crippen molar-refractivity contribution < 1.29 is 4.74 Å². The van der Waals surface area contributed by atoms with Crippen LogP contribution >= 0.6 is 0 Å². The zero-order valence-corrected chi connectivity index (χ0v) is 13.5. The molecule has 0 saturated heterocycles. The Hall–Kier alpha value is -2.04. The number of ether oxygens (including phenoxy) is 1. The first-order valence-electron chi connectivity index (χ1n) is 7.99. The maximum atomic E-state index is 6.13. The second-order valence-electron chi connectivity index (χ2n) is 6.65. The molecule has 2 N–H and O–H groups in total. The Morgan fingerprint density at radius 1 is 1.36 bits per heavy atom. The Kier molecular flexibility index (Phi) is 4.05. The average Bonchev–Trinajstić information content (AvgIpc) is 2.88. The van der Waals surface area contributed by atoms with Crippen molar-refractivity contribution in [2.45, 2.75) is 40.2 Å². The largest absolute Gasteiger partial charge is 0.491 e. The summed E-state index contributed by atoms with van der Waals surface area (Å²) in [5.74, 6) is 3.86. The lowest BCUT2D eigenvalue weighted by Crippen LogP contribution is -2.18. The van der Waals surface area contributed by atoms with E-state index in [0.29, 0.717) is 24.1 Å². The van der Waals surface area contributed by atoms with Crippen molar-refractivity contribution in [2.24, 2.45) is 11.8 Å². The number of nitrogens with zero attached hydrogens (tertiary/aromatic N) is 3. The van der Waals surface area contributed by atoms with E-state index in [1.807, 2.05) is 18.2 Å². The van der Waals surface area contributed by atoms with Crippen LogP contribution in [0.1, 0.15) is 33.0 Å². The van der Waals surface area contributed by atoms with E-state index in [4.69, 9.17) is 10.5 Å².